The van der Waals surface area contributed by atoms with E-state index >= 15 is 0 Å². The molecule has 0 aromatic carbocycles. The average molecular weight is 225 g/mol. The molecule has 0 amide bonds. The third-order valence-corrected chi connectivity index (χ3v) is 4.87. The van der Waals surface area contributed by atoms with Gasteiger partial charge in [0.2, 0.25) is 5.54 Å². The van der Waals surface area contributed by atoms with E-state index in [1.807, 2.05) is 0 Å². The summed E-state index contributed by atoms with van der Waals surface area (Å²) in [5, 5.41) is 20.6. The van der Waals surface area contributed by atoms with Crippen molar-refractivity contribution in [1.29, 1.82) is 0 Å². The van der Waals surface area contributed by atoms with E-state index in [2.05, 4.69) is 0 Å². The Labute approximate surface area is 93.0 Å². The molecule has 4 fully saturated rings. The molecule has 4 aliphatic rings. The molecule has 0 aromatic heterocycles. The lowest BCUT2D eigenvalue weighted by molar-refractivity contribution is -0.590. The van der Waals surface area contributed by atoms with Gasteiger partial charge in [0.15, 0.2) is 0 Å². The zero-order chi connectivity index (χ0) is 11.6. The number of hydrogen-bond acceptors (Lipinski definition) is 3. The van der Waals surface area contributed by atoms with Crippen molar-refractivity contribution in [2.24, 2.45) is 17.3 Å². The molecule has 4 rings (SSSR count). The number of carboxylic acids is 1. The van der Waals surface area contributed by atoms with Crippen LogP contribution in [0.25, 0.3) is 0 Å². The van der Waals surface area contributed by atoms with Crippen LogP contribution in [0.5, 0.6) is 0 Å². The summed E-state index contributed by atoms with van der Waals surface area (Å²) in [6, 6.07) is 0. The number of nitro groups is 1. The quantitative estimate of drug-likeness (QED) is 0.572. The second-order valence-electron chi connectivity index (χ2n) is 6.03. The topological polar surface area (TPSA) is 80.4 Å². The Kier molecular flexibility index (Phi) is 1.73. The Morgan fingerprint density at radius 3 is 2.25 bits per heavy atom. The van der Waals surface area contributed by atoms with Gasteiger partial charge in [-0.15, -0.1) is 0 Å². The van der Waals surface area contributed by atoms with Gasteiger partial charge in [-0.1, -0.05) is 0 Å². The fourth-order valence-electron chi connectivity index (χ4n) is 4.68. The fourth-order valence-corrected chi connectivity index (χ4v) is 4.68. The Hall–Kier alpha value is -1.13. The van der Waals surface area contributed by atoms with Crippen LogP contribution in [0.2, 0.25) is 0 Å². The minimum atomic E-state index is -0.914. The van der Waals surface area contributed by atoms with Gasteiger partial charge in [0.1, 0.15) is 0 Å². The minimum absolute atomic E-state index is 0.192. The van der Waals surface area contributed by atoms with Crippen LogP contribution in [-0.4, -0.2) is 21.5 Å². The number of carbonyl (C=O) groups is 1. The molecule has 0 unspecified atom stereocenters. The molecule has 5 nitrogen and oxygen atoms in total. The van der Waals surface area contributed by atoms with Crippen LogP contribution in [-0.2, 0) is 4.79 Å². The van der Waals surface area contributed by atoms with Gasteiger partial charge in [0.25, 0.3) is 0 Å². The van der Waals surface area contributed by atoms with E-state index in [0.717, 1.165) is 6.42 Å². The van der Waals surface area contributed by atoms with Crippen molar-refractivity contribution < 1.29 is 14.8 Å². The van der Waals surface area contributed by atoms with Gasteiger partial charge in [0, 0.05) is 24.2 Å². The third-order valence-electron chi connectivity index (χ3n) is 4.87. The van der Waals surface area contributed by atoms with Crippen molar-refractivity contribution in [3.63, 3.8) is 0 Å². The maximum absolute atomic E-state index is 11.4. The Morgan fingerprint density at radius 2 is 1.81 bits per heavy atom. The first-order valence-electron chi connectivity index (χ1n) is 5.84. The van der Waals surface area contributed by atoms with Crippen LogP contribution in [0.4, 0.5) is 0 Å². The predicted octanol–water partition coefficient (Wildman–Crippen LogP) is 1.69. The highest BCUT2D eigenvalue weighted by Gasteiger charge is 2.66. The molecule has 4 aliphatic carbocycles. The highest BCUT2D eigenvalue weighted by Crippen LogP contribution is 2.62. The van der Waals surface area contributed by atoms with Crippen LogP contribution in [0.15, 0.2) is 0 Å². The highest BCUT2D eigenvalue weighted by atomic mass is 16.6. The lowest BCUT2D eigenvalue weighted by Crippen LogP contribution is -2.61. The number of rotatable bonds is 2. The third kappa shape index (κ3) is 1.09. The smallest absolute Gasteiger partial charge is 0.309 e. The van der Waals surface area contributed by atoms with E-state index in [4.69, 9.17) is 0 Å². The number of aliphatic carboxylic acids is 1. The van der Waals surface area contributed by atoms with Crippen LogP contribution in [0, 0.1) is 27.4 Å². The second kappa shape index (κ2) is 2.76. The molecule has 0 saturated heterocycles. The first kappa shape index (κ1) is 10.1. The number of nitrogens with zero attached hydrogens (tertiary/aromatic N) is 1. The Morgan fingerprint density at radius 1 is 1.25 bits per heavy atom. The first-order chi connectivity index (χ1) is 7.46. The van der Waals surface area contributed by atoms with Crippen molar-refractivity contribution >= 4 is 5.97 Å². The summed E-state index contributed by atoms with van der Waals surface area (Å²) >= 11 is 0. The van der Waals surface area contributed by atoms with Crippen LogP contribution in [0.1, 0.15) is 38.5 Å². The van der Waals surface area contributed by atoms with Gasteiger partial charge in [-0.3, -0.25) is 14.9 Å². The number of carboxylic acid groups (broad SMARTS) is 1. The molecule has 1 N–H and O–H groups in total. The summed E-state index contributed by atoms with van der Waals surface area (Å²) in [5.74, 6) is -0.279. The lowest BCUT2D eigenvalue weighted by Gasteiger charge is -2.55. The van der Waals surface area contributed by atoms with Crippen molar-refractivity contribution in [2.45, 2.75) is 44.1 Å². The molecule has 5 heteroatoms. The van der Waals surface area contributed by atoms with Crippen LogP contribution in [0.3, 0.4) is 0 Å². The van der Waals surface area contributed by atoms with Gasteiger partial charge in [-0.05, 0) is 31.1 Å². The molecule has 2 atom stereocenters. The molecular formula is C11H15NO4. The zero-order valence-corrected chi connectivity index (χ0v) is 9.02. The Bertz CT molecular complexity index is 332. The molecule has 4 bridgehead atoms. The maximum atomic E-state index is 11.4. The van der Waals surface area contributed by atoms with E-state index in [1.54, 1.807) is 0 Å². The van der Waals surface area contributed by atoms with Crippen molar-refractivity contribution in [3.05, 3.63) is 10.1 Å². The lowest BCUT2D eigenvalue weighted by atomic mass is 9.47. The fraction of sp³-hybridized carbons (Fsp3) is 0.909. The van der Waals surface area contributed by atoms with Gasteiger partial charge in [-0.2, -0.15) is 0 Å². The molecular weight excluding hydrogens is 210 g/mol. The molecule has 0 radical (unpaired) electrons. The van der Waals surface area contributed by atoms with E-state index in [0.29, 0.717) is 25.7 Å². The Balaban J connectivity index is 2.03. The molecule has 88 valence electrons. The average Bonchev–Trinajstić information content (AvgIpc) is 2.14. The summed E-state index contributed by atoms with van der Waals surface area (Å²) in [6.45, 7) is 0. The normalized spacial score (nSPS) is 49.2. The molecule has 0 aliphatic heterocycles. The maximum Gasteiger partial charge on any atom is 0.309 e. The summed E-state index contributed by atoms with van der Waals surface area (Å²) in [5.41, 5.74) is -1.69. The number of hydrogen-bond donors (Lipinski definition) is 1. The second-order valence-corrected chi connectivity index (χ2v) is 6.03. The van der Waals surface area contributed by atoms with Gasteiger partial charge >= 0.3 is 5.97 Å². The molecule has 4 saturated carbocycles. The minimum Gasteiger partial charge on any atom is -0.481 e. The SMILES string of the molecule is O=C(O)C12C[C@H]3C[C@H](C1)CC([N+](=O)[O-])(C3)C2. The zero-order valence-electron chi connectivity index (χ0n) is 9.02. The van der Waals surface area contributed by atoms with Crippen molar-refractivity contribution in [2.75, 3.05) is 0 Å². The molecule has 0 aromatic rings. The summed E-state index contributed by atoms with van der Waals surface area (Å²) in [4.78, 5) is 22.4. The summed E-state index contributed by atoms with van der Waals surface area (Å²) in [7, 11) is 0. The van der Waals surface area contributed by atoms with E-state index < -0.39 is 16.9 Å². The van der Waals surface area contributed by atoms with Gasteiger partial charge in [-0.25, -0.2) is 0 Å². The largest absolute Gasteiger partial charge is 0.481 e. The van der Waals surface area contributed by atoms with Crippen LogP contribution < -0.4 is 0 Å². The van der Waals surface area contributed by atoms with Crippen molar-refractivity contribution in [3.8, 4) is 0 Å². The van der Waals surface area contributed by atoms with E-state index in [1.165, 1.54) is 0 Å². The molecule has 0 spiro atoms. The summed E-state index contributed by atoms with van der Waals surface area (Å²) in [6.07, 6.45) is 3.79. The first-order valence-corrected chi connectivity index (χ1v) is 5.84. The summed E-state index contributed by atoms with van der Waals surface area (Å²) < 4.78 is 0. The van der Waals surface area contributed by atoms with E-state index in [9.17, 15) is 20.0 Å². The van der Waals surface area contributed by atoms with Gasteiger partial charge < -0.3 is 5.11 Å². The standard InChI is InChI=1S/C11H15NO4/c13-9(14)10-2-7-1-8(3-10)5-11(4-7,6-10)12(15)16/h7-8H,1-6H2,(H,13,14)/t7-,8-,10?,11?/m1/s1. The highest BCUT2D eigenvalue weighted by molar-refractivity contribution is 5.75. The van der Waals surface area contributed by atoms with Crippen LogP contribution >= 0.6 is 0 Å². The monoisotopic (exact) mass is 225 g/mol. The van der Waals surface area contributed by atoms with Gasteiger partial charge in [0.05, 0.1) is 5.41 Å². The molecule has 16 heavy (non-hydrogen) atoms. The van der Waals surface area contributed by atoms with E-state index in [-0.39, 0.29) is 23.2 Å². The van der Waals surface area contributed by atoms with Crippen molar-refractivity contribution in [1.82, 2.24) is 0 Å². The molecule has 0 heterocycles. The predicted molar refractivity (Wildman–Crippen MR) is 54.5 cm³/mol.